The summed E-state index contributed by atoms with van der Waals surface area (Å²) in [4.78, 5) is 0. The molecule has 1 saturated heterocycles. The number of hydrogen-bond acceptors (Lipinski definition) is 2. The summed E-state index contributed by atoms with van der Waals surface area (Å²) < 4.78 is 5.90. The normalized spacial score (nSPS) is 21.8. The molecule has 1 fully saturated rings. The second kappa shape index (κ2) is 5.90. The van der Waals surface area contributed by atoms with Gasteiger partial charge in [-0.2, -0.15) is 5.26 Å². The van der Waals surface area contributed by atoms with Gasteiger partial charge in [0.1, 0.15) is 0 Å². The lowest BCUT2D eigenvalue weighted by Gasteiger charge is -2.26. The number of ether oxygens (including phenoxy) is 1. The van der Waals surface area contributed by atoms with E-state index in [-0.39, 0.29) is 17.9 Å². The number of rotatable bonds is 3. The van der Waals surface area contributed by atoms with Crippen LogP contribution in [0.25, 0.3) is 0 Å². The van der Waals surface area contributed by atoms with Gasteiger partial charge >= 0.3 is 0 Å². The molecular weight excluding hydrogens is 246 g/mol. The highest BCUT2D eigenvalue weighted by molar-refractivity contribution is 5.35. The number of nitriles is 1. The third-order valence-corrected chi connectivity index (χ3v) is 3.95. The zero-order valence-corrected chi connectivity index (χ0v) is 11.3. The molecule has 0 spiro atoms. The quantitative estimate of drug-likeness (QED) is 0.845. The molecule has 20 heavy (non-hydrogen) atoms. The van der Waals surface area contributed by atoms with Gasteiger partial charge in [0.2, 0.25) is 0 Å². The second-order valence-electron chi connectivity index (χ2n) is 5.16. The first kappa shape index (κ1) is 12.9. The van der Waals surface area contributed by atoms with Gasteiger partial charge < -0.3 is 4.74 Å². The molecule has 2 heteroatoms. The Morgan fingerprint density at radius 1 is 0.950 bits per heavy atom. The Morgan fingerprint density at radius 3 is 2.00 bits per heavy atom. The van der Waals surface area contributed by atoms with Crippen molar-refractivity contribution >= 4 is 0 Å². The Kier molecular flexibility index (Phi) is 3.80. The van der Waals surface area contributed by atoms with Crippen LogP contribution < -0.4 is 0 Å². The lowest BCUT2D eigenvalue weighted by Crippen LogP contribution is -2.25. The maximum Gasteiger partial charge on any atom is 0.0842 e. The molecule has 0 saturated carbocycles. The molecule has 0 radical (unpaired) electrons. The summed E-state index contributed by atoms with van der Waals surface area (Å²) in [6.45, 7) is 0.680. The summed E-state index contributed by atoms with van der Waals surface area (Å²) in [5, 5.41) is 9.35. The Bertz CT molecular complexity index is 548. The average Bonchev–Trinajstić information content (AvgIpc) is 2.98. The molecule has 3 rings (SSSR count). The van der Waals surface area contributed by atoms with E-state index >= 15 is 0 Å². The van der Waals surface area contributed by atoms with Crippen LogP contribution in [-0.4, -0.2) is 12.7 Å². The zero-order chi connectivity index (χ0) is 13.8. The standard InChI is InChI=1S/C18H17NO/c19-13-16-11-12-20-18(16)17(14-7-3-1-4-8-14)15-9-5-2-6-10-15/h1-10,16-18H,11-12H2. The Hall–Kier alpha value is -2.11. The molecule has 0 aliphatic carbocycles. The van der Waals surface area contributed by atoms with Crippen molar-refractivity contribution in [3.05, 3.63) is 71.8 Å². The lowest BCUT2D eigenvalue weighted by molar-refractivity contribution is 0.0871. The van der Waals surface area contributed by atoms with E-state index < -0.39 is 0 Å². The second-order valence-corrected chi connectivity index (χ2v) is 5.16. The van der Waals surface area contributed by atoms with Crippen LogP contribution in [0.15, 0.2) is 60.7 Å². The number of nitrogens with zero attached hydrogens (tertiary/aromatic N) is 1. The van der Waals surface area contributed by atoms with E-state index in [9.17, 15) is 5.26 Å². The summed E-state index contributed by atoms with van der Waals surface area (Å²) in [5.74, 6) is 0.102. The van der Waals surface area contributed by atoms with Crippen molar-refractivity contribution < 1.29 is 4.74 Å². The number of benzene rings is 2. The summed E-state index contributed by atoms with van der Waals surface area (Å²) in [7, 11) is 0. The highest BCUT2D eigenvalue weighted by atomic mass is 16.5. The lowest BCUT2D eigenvalue weighted by atomic mass is 9.81. The van der Waals surface area contributed by atoms with E-state index in [0.29, 0.717) is 6.61 Å². The van der Waals surface area contributed by atoms with Gasteiger partial charge in [-0.1, -0.05) is 60.7 Å². The predicted octanol–water partition coefficient (Wildman–Crippen LogP) is 3.75. The van der Waals surface area contributed by atoms with E-state index in [1.54, 1.807) is 0 Å². The molecule has 2 unspecified atom stereocenters. The van der Waals surface area contributed by atoms with Gasteiger partial charge in [0.25, 0.3) is 0 Å². The first-order chi connectivity index (χ1) is 9.90. The van der Waals surface area contributed by atoms with Crippen LogP contribution in [0.1, 0.15) is 23.5 Å². The predicted molar refractivity (Wildman–Crippen MR) is 78.2 cm³/mol. The van der Waals surface area contributed by atoms with E-state index in [0.717, 1.165) is 6.42 Å². The molecule has 2 nitrogen and oxygen atoms in total. The van der Waals surface area contributed by atoms with E-state index in [2.05, 4.69) is 30.3 Å². The molecule has 0 N–H and O–H groups in total. The molecule has 1 heterocycles. The van der Waals surface area contributed by atoms with E-state index in [1.807, 2.05) is 36.4 Å². The highest BCUT2D eigenvalue weighted by Gasteiger charge is 2.36. The largest absolute Gasteiger partial charge is 0.376 e. The monoisotopic (exact) mass is 263 g/mol. The topological polar surface area (TPSA) is 33.0 Å². The van der Waals surface area contributed by atoms with Crippen LogP contribution in [0.2, 0.25) is 0 Å². The molecule has 100 valence electrons. The molecule has 2 atom stereocenters. The van der Waals surface area contributed by atoms with Crippen molar-refractivity contribution in [2.24, 2.45) is 5.92 Å². The van der Waals surface area contributed by atoms with Crippen molar-refractivity contribution in [3.8, 4) is 6.07 Å². The SMILES string of the molecule is N#CC1CCOC1C(c1ccccc1)c1ccccc1. The van der Waals surface area contributed by atoms with Crippen LogP contribution >= 0.6 is 0 Å². The Morgan fingerprint density at radius 2 is 1.50 bits per heavy atom. The van der Waals surface area contributed by atoms with E-state index in [4.69, 9.17) is 4.74 Å². The molecule has 0 aromatic heterocycles. The van der Waals surface area contributed by atoms with Crippen molar-refractivity contribution in [2.75, 3.05) is 6.61 Å². The van der Waals surface area contributed by atoms with Crippen LogP contribution in [0, 0.1) is 17.2 Å². The minimum Gasteiger partial charge on any atom is -0.376 e. The van der Waals surface area contributed by atoms with Crippen LogP contribution in [-0.2, 0) is 4.74 Å². The molecule has 2 aromatic carbocycles. The first-order valence-electron chi connectivity index (χ1n) is 7.01. The van der Waals surface area contributed by atoms with Gasteiger partial charge in [-0.25, -0.2) is 0 Å². The summed E-state index contributed by atoms with van der Waals surface area (Å²) in [6.07, 6.45) is 0.780. The molecular formula is C18H17NO. The van der Waals surface area contributed by atoms with Crippen molar-refractivity contribution in [1.82, 2.24) is 0 Å². The van der Waals surface area contributed by atoms with Gasteiger partial charge in [-0.15, -0.1) is 0 Å². The van der Waals surface area contributed by atoms with Gasteiger partial charge in [0.15, 0.2) is 0 Å². The van der Waals surface area contributed by atoms with Gasteiger partial charge in [0, 0.05) is 12.5 Å². The van der Waals surface area contributed by atoms with Crippen LogP contribution in [0.4, 0.5) is 0 Å². The molecule has 1 aliphatic rings. The smallest absolute Gasteiger partial charge is 0.0842 e. The van der Waals surface area contributed by atoms with Crippen molar-refractivity contribution in [3.63, 3.8) is 0 Å². The van der Waals surface area contributed by atoms with Gasteiger partial charge in [-0.3, -0.25) is 0 Å². The van der Waals surface area contributed by atoms with Gasteiger partial charge in [0.05, 0.1) is 18.1 Å². The Balaban J connectivity index is 2.03. The average molecular weight is 263 g/mol. The van der Waals surface area contributed by atoms with Crippen LogP contribution in [0.5, 0.6) is 0 Å². The van der Waals surface area contributed by atoms with Crippen molar-refractivity contribution in [1.29, 1.82) is 5.26 Å². The first-order valence-corrected chi connectivity index (χ1v) is 7.01. The third kappa shape index (κ3) is 2.45. The highest BCUT2D eigenvalue weighted by Crippen LogP contribution is 2.37. The fourth-order valence-corrected chi connectivity index (χ4v) is 2.97. The summed E-state index contributed by atoms with van der Waals surface area (Å²) in [5.41, 5.74) is 2.43. The summed E-state index contributed by atoms with van der Waals surface area (Å²) >= 11 is 0. The van der Waals surface area contributed by atoms with Crippen LogP contribution in [0.3, 0.4) is 0 Å². The molecule has 1 aliphatic heterocycles. The fraction of sp³-hybridized carbons (Fsp3) is 0.278. The molecule has 2 aromatic rings. The minimum atomic E-state index is -0.0511. The minimum absolute atomic E-state index is 0.0274. The van der Waals surface area contributed by atoms with E-state index in [1.165, 1.54) is 11.1 Å². The molecule has 0 amide bonds. The Labute approximate surface area is 119 Å². The molecule has 0 bridgehead atoms. The maximum atomic E-state index is 9.35. The third-order valence-electron chi connectivity index (χ3n) is 3.95. The number of hydrogen-bond donors (Lipinski definition) is 0. The van der Waals surface area contributed by atoms with Gasteiger partial charge in [-0.05, 0) is 17.5 Å². The van der Waals surface area contributed by atoms with Crippen molar-refractivity contribution in [2.45, 2.75) is 18.4 Å². The summed E-state index contributed by atoms with van der Waals surface area (Å²) in [6, 6.07) is 23.1. The zero-order valence-electron chi connectivity index (χ0n) is 11.3. The fourth-order valence-electron chi connectivity index (χ4n) is 2.97. The maximum absolute atomic E-state index is 9.35.